The summed E-state index contributed by atoms with van der Waals surface area (Å²) in [7, 11) is -3.97. The van der Waals surface area contributed by atoms with E-state index in [1.165, 1.54) is 25.1 Å². The molecule has 24 heavy (non-hydrogen) atoms. The van der Waals surface area contributed by atoms with Crippen molar-refractivity contribution >= 4 is 44.6 Å². The molecule has 3 rings (SSSR count). The molecule has 128 valence electrons. The molecule has 2 heterocycles. The van der Waals surface area contributed by atoms with Gasteiger partial charge in [0, 0.05) is 12.1 Å². The molecule has 0 aliphatic carbocycles. The van der Waals surface area contributed by atoms with Crippen molar-refractivity contribution in [3.8, 4) is 11.5 Å². The molecular formula is C14H12ClNO6S2. The first-order valence-corrected chi connectivity index (χ1v) is 9.41. The Morgan fingerprint density at radius 1 is 1.25 bits per heavy atom. The summed E-state index contributed by atoms with van der Waals surface area (Å²) < 4.78 is 38.0. The Hall–Kier alpha value is -1.97. The van der Waals surface area contributed by atoms with Crippen LogP contribution in [0.25, 0.3) is 0 Å². The number of benzene rings is 1. The van der Waals surface area contributed by atoms with E-state index in [1.54, 1.807) is 0 Å². The fourth-order valence-electron chi connectivity index (χ4n) is 2.13. The molecule has 10 heteroatoms. The lowest BCUT2D eigenvalue weighted by Gasteiger charge is -2.20. The van der Waals surface area contributed by atoms with Crippen molar-refractivity contribution in [1.29, 1.82) is 0 Å². The van der Waals surface area contributed by atoms with Crippen LogP contribution in [0.4, 0.5) is 5.69 Å². The van der Waals surface area contributed by atoms with E-state index >= 15 is 0 Å². The van der Waals surface area contributed by atoms with Gasteiger partial charge in [-0.15, -0.1) is 11.3 Å². The van der Waals surface area contributed by atoms with Gasteiger partial charge in [0.25, 0.3) is 10.0 Å². The molecule has 0 spiro atoms. The van der Waals surface area contributed by atoms with Crippen LogP contribution in [0, 0.1) is 6.92 Å². The number of aromatic carboxylic acids is 1. The van der Waals surface area contributed by atoms with E-state index in [-0.39, 0.29) is 19.8 Å². The zero-order valence-electron chi connectivity index (χ0n) is 12.3. The van der Waals surface area contributed by atoms with Gasteiger partial charge in [0.15, 0.2) is 11.5 Å². The molecule has 0 atom stereocenters. The molecule has 0 saturated carbocycles. The number of nitrogens with one attached hydrogen (secondary N) is 1. The number of carboxylic acids is 1. The minimum Gasteiger partial charge on any atom is -0.486 e. The van der Waals surface area contributed by atoms with Gasteiger partial charge < -0.3 is 14.6 Å². The number of sulfonamides is 1. The molecule has 0 unspecified atom stereocenters. The minimum atomic E-state index is -3.97. The number of fused-ring (bicyclic) bond motifs is 1. The van der Waals surface area contributed by atoms with E-state index in [1.807, 2.05) is 0 Å². The van der Waals surface area contributed by atoms with Gasteiger partial charge >= 0.3 is 5.97 Å². The largest absolute Gasteiger partial charge is 0.486 e. The van der Waals surface area contributed by atoms with Crippen molar-refractivity contribution in [3.63, 3.8) is 0 Å². The van der Waals surface area contributed by atoms with Gasteiger partial charge in [-0.3, -0.25) is 4.72 Å². The molecule has 2 N–H and O–H groups in total. The zero-order valence-corrected chi connectivity index (χ0v) is 14.7. The SMILES string of the molecule is Cc1cc(S(=O)(=O)Nc2cc3c(cc2Cl)OCCO3)sc1C(=O)O. The molecule has 0 amide bonds. The molecule has 1 aromatic carbocycles. The Morgan fingerprint density at radius 3 is 2.46 bits per heavy atom. The van der Waals surface area contributed by atoms with Crippen LogP contribution in [0.3, 0.4) is 0 Å². The molecule has 1 aliphatic heterocycles. The second-order valence-electron chi connectivity index (χ2n) is 4.96. The van der Waals surface area contributed by atoms with E-state index in [0.717, 1.165) is 0 Å². The van der Waals surface area contributed by atoms with Crippen LogP contribution < -0.4 is 14.2 Å². The Balaban J connectivity index is 1.95. The average Bonchev–Trinajstić information content (AvgIpc) is 2.91. The third kappa shape index (κ3) is 3.14. The molecule has 1 aromatic heterocycles. The number of carbonyl (C=O) groups is 1. The molecule has 0 radical (unpaired) electrons. The van der Waals surface area contributed by atoms with Crippen LogP contribution in [0.1, 0.15) is 15.2 Å². The highest BCUT2D eigenvalue weighted by Crippen LogP contribution is 2.39. The monoisotopic (exact) mass is 389 g/mol. The van der Waals surface area contributed by atoms with E-state index in [2.05, 4.69) is 4.72 Å². The second kappa shape index (κ2) is 6.15. The summed E-state index contributed by atoms with van der Waals surface area (Å²) in [6, 6.07) is 4.21. The first kappa shape index (κ1) is 16.9. The summed E-state index contributed by atoms with van der Waals surface area (Å²) in [5.41, 5.74) is 0.505. The van der Waals surface area contributed by atoms with Crippen molar-refractivity contribution in [2.75, 3.05) is 17.9 Å². The van der Waals surface area contributed by atoms with Gasteiger partial charge in [-0.25, -0.2) is 13.2 Å². The lowest BCUT2D eigenvalue weighted by atomic mass is 10.2. The maximum Gasteiger partial charge on any atom is 0.346 e. The van der Waals surface area contributed by atoms with Crippen molar-refractivity contribution in [2.45, 2.75) is 11.1 Å². The maximum atomic E-state index is 12.5. The maximum absolute atomic E-state index is 12.5. The third-order valence-corrected chi connectivity index (χ3v) is 6.61. The fourth-order valence-corrected chi connectivity index (χ4v) is 4.84. The standard InChI is InChI=1S/C14H12ClNO6S2/c1-7-4-12(23-13(7)14(17)18)24(19,20)16-9-6-11-10(5-8(9)15)21-2-3-22-11/h4-6,16H,2-3H2,1H3,(H,17,18). The highest BCUT2D eigenvalue weighted by molar-refractivity contribution is 7.94. The predicted molar refractivity (Wildman–Crippen MR) is 89.3 cm³/mol. The van der Waals surface area contributed by atoms with Crippen LogP contribution in [-0.4, -0.2) is 32.7 Å². The van der Waals surface area contributed by atoms with Crippen molar-refractivity contribution in [2.24, 2.45) is 0 Å². The number of halogens is 1. The minimum absolute atomic E-state index is 0.0244. The number of hydrogen-bond donors (Lipinski definition) is 2. The van der Waals surface area contributed by atoms with Crippen molar-refractivity contribution < 1.29 is 27.8 Å². The number of rotatable bonds is 4. The van der Waals surface area contributed by atoms with Crippen LogP contribution in [0.2, 0.25) is 5.02 Å². The fraction of sp³-hybridized carbons (Fsp3) is 0.214. The summed E-state index contributed by atoms with van der Waals surface area (Å²) >= 11 is 6.77. The van der Waals surface area contributed by atoms with Crippen molar-refractivity contribution in [1.82, 2.24) is 0 Å². The number of anilines is 1. The van der Waals surface area contributed by atoms with E-state index in [0.29, 0.717) is 41.6 Å². The molecule has 0 bridgehead atoms. The molecule has 7 nitrogen and oxygen atoms in total. The number of ether oxygens (including phenoxy) is 2. The molecule has 0 saturated heterocycles. The second-order valence-corrected chi connectivity index (χ2v) is 8.33. The summed E-state index contributed by atoms with van der Waals surface area (Å²) in [5, 5.41) is 9.20. The summed E-state index contributed by atoms with van der Waals surface area (Å²) in [5.74, 6) is -0.345. The highest BCUT2D eigenvalue weighted by atomic mass is 35.5. The van der Waals surface area contributed by atoms with Gasteiger partial charge in [0.05, 0.1) is 10.7 Å². The number of aryl methyl sites for hydroxylation is 1. The number of thiophene rings is 1. The number of hydrogen-bond acceptors (Lipinski definition) is 6. The van der Waals surface area contributed by atoms with Crippen LogP contribution in [0.15, 0.2) is 22.4 Å². The molecule has 1 aliphatic rings. The molecule has 2 aromatic rings. The first-order valence-electron chi connectivity index (χ1n) is 6.73. The van der Waals surface area contributed by atoms with Gasteiger partial charge in [-0.2, -0.15) is 0 Å². The van der Waals surface area contributed by atoms with E-state index in [9.17, 15) is 13.2 Å². The van der Waals surface area contributed by atoms with Gasteiger partial charge in [0.2, 0.25) is 0 Å². The molecular weight excluding hydrogens is 378 g/mol. The summed E-state index contributed by atoms with van der Waals surface area (Å²) in [6.07, 6.45) is 0. The van der Waals surface area contributed by atoms with Gasteiger partial charge in [-0.05, 0) is 18.6 Å². The van der Waals surface area contributed by atoms with Gasteiger partial charge in [0.1, 0.15) is 22.3 Å². The first-order chi connectivity index (χ1) is 11.3. The van der Waals surface area contributed by atoms with Gasteiger partial charge in [-0.1, -0.05) is 11.6 Å². The van der Waals surface area contributed by atoms with Crippen LogP contribution in [0.5, 0.6) is 11.5 Å². The van der Waals surface area contributed by atoms with Crippen LogP contribution in [-0.2, 0) is 10.0 Å². The summed E-state index contributed by atoms with van der Waals surface area (Å²) in [6.45, 7) is 2.28. The average molecular weight is 390 g/mol. The van der Waals surface area contributed by atoms with Crippen molar-refractivity contribution in [3.05, 3.63) is 33.7 Å². The lowest BCUT2D eigenvalue weighted by Crippen LogP contribution is -2.16. The Labute approximate surface area is 146 Å². The number of carboxylic acid groups (broad SMARTS) is 1. The lowest BCUT2D eigenvalue weighted by molar-refractivity contribution is 0.0701. The Morgan fingerprint density at radius 2 is 1.88 bits per heavy atom. The summed E-state index contributed by atoms with van der Waals surface area (Å²) in [4.78, 5) is 11.1. The Kier molecular flexibility index (Phi) is 4.33. The normalized spacial score (nSPS) is 13.6. The highest BCUT2D eigenvalue weighted by Gasteiger charge is 2.24. The third-order valence-electron chi connectivity index (χ3n) is 3.23. The van der Waals surface area contributed by atoms with E-state index < -0.39 is 16.0 Å². The predicted octanol–water partition coefficient (Wildman–Crippen LogP) is 2.98. The quantitative estimate of drug-likeness (QED) is 0.833. The van der Waals surface area contributed by atoms with E-state index in [4.69, 9.17) is 26.2 Å². The Bertz CT molecular complexity index is 922. The van der Waals surface area contributed by atoms with Crippen LogP contribution >= 0.6 is 22.9 Å². The topological polar surface area (TPSA) is 102 Å². The smallest absolute Gasteiger partial charge is 0.346 e. The molecule has 0 fully saturated rings. The zero-order chi connectivity index (χ0) is 17.5.